The van der Waals surface area contributed by atoms with E-state index in [2.05, 4.69) is 10.3 Å². The number of aromatic nitrogens is 1. The number of ether oxygens (including phenoxy) is 1. The third kappa shape index (κ3) is 3.03. The van der Waals surface area contributed by atoms with Crippen molar-refractivity contribution in [1.29, 1.82) is 0 Å². The van der Waals surface area contributed by atoms with Gasteiger partial charge in [-0.15, -0.1) is 11.3 Å². The first-order valence-electron chi connectivity index (χ1n) is 5.26. The summed E-state index contributed by atoms with van der Waals surface area (Å²) in [6.45, 7) is 0. The first-order valence-corrected chi connectivity index (χ1v) is 6.52. The van der Waals surface area contributed by atoms with E-state index in [0.717, 1.165) is 11.3 Å². The highest BCUT2D eigenvalue weighted by Crippen LogP contribution is 2.26. The van der Waals surface area contributed by atoms with Crippen molar-refractivity contribution in [3.8, 4) is 5.75 Å². The molecule has 0 aliphatic heterocycles. The molecule has 0 bridgehead atoms. The number of hydrogen-bond acceptors (Lipinski definition) is 6. The Morgan fingerprint density at radius 2 is 2.30 bits per heavy atom. The minimum atomic E-state index is -0.645. The number of carbonyl (C=O) groups is 1. The fraction of sp³-hybridized carbons (Fsp3) is 0.0909. The average Bonchev–Trinajstić information content (AvgIpc) is 2.87. The molecule has 0 aliphatic carbocycles. The molecule has 104 valence electrons. The molecule has 1 N–H and O–H groups in total. The number of anilines is 1. The van der Waals surface area contributed by atoms with Gasteiger partial charge in [0.25, 0.3) is 5.91 Å². The van der Waals surface area contributed by atoms with E-state index in [4.69, 9.17) is 16.3 Å². The van der Waals surface area contributed by atoms with Gasteiger partial charge in [-0.3, -0.25) is 14.9 Å². The van der Waals surface area contributed by atoms with Crippen LogP contribution in [-0.4, -0.2) is 22.9 Å². The molecule has 0 saturated carbocycles. The van der Waals surface area contributed by atoms with Gasteiger partial charge in [0.2, 0.25) is 5.82 Å². The summed E-state index contributed by atoms with van der Waals surface area (Å²) in [5.41, 5.74) is -0.328. The number of hydrogen-bond donors (Lipinski definition) is 1. The number of pyridine rings is 1. The van der Waals surface area contributed by atoms with Crippen LogP contribution in [0.15, 0.2) is 23.6 Å². The molecule has 20 heavy (non-hydrogen) atoms. The molecule has 0 radical (unpaired) electrons. The fourth-order valence-corrected chi connectivity index (χ4v) is 2.28. The molecule has 0 spiro atoms. The molecule has 0 saturated heterocycles. The van der Waals surface area contributed by atoms with Crippen molar-refractivity contribution in [2.24, 2.45) is 0 Å². The summed E-state index contributed by atoms with van der Waals surface area (Å²) in [4.78, 5) is 26.3. The summed E-state index contributed by atoms with van der Waals surface area (Å²) in [5, 5.41) is 14.9. The van der Waals surface area contributed by atoms with Gasteiger partial charge in [-0.25, -0.2) is 4.98 Å². The molecule has 0 atom stereocenters. The molecule has 0 aliphatic rings. The van der Waals surface area contributed by atoms with Gasteiger partial charge in [-0.1, -0.05) is 11.6 Å². The van der Waals surface area contributed by atoms with Crippen molar-refractivity contribution in [3.05, 3.63) is 43.7 Å². The summed E-state index contributed by atoms with van der Waals surface area (Å²) < 4.78 is 4.96. The molecule has 9 heteroatoms. The quantitative estimate of drug-likeness (QED) is 0.532. The van der Waals surface area contributed by atoms with Crippen LogP contribution in [0.25, 0.3) is 0 Å². The maximum atomic E-state index is 12.0. The Kier molecular flexibility index (Phi) is 4.16. The first kappa shape index (κ1) is 14.2. The molecule has 2 rings (SSSR count). The largest absolute Gasteiger partial charge is 0.496 e. The second kappa shape index (κ2) is 5.85. The zero-order chi connectivity index (χ0) is 14.7. The molecule has 0 aromatic carbocycles. The Labute approximate surface area is 122 Å². The van der Waals surface area contributed by atoms with Gasteiger partial charge in [0, 0.05) is 17.5 Å². The third-order valence-electron chi connectivity index (χ3n) is 2.30. The van der Waals surface area contributed by atoms with Crippen LogP contribution >= 0.6 is 22.9 Å². The average molecular weight is 314 g/mol. The minimum Gasteiger partial charge on any atom is -0.496 e. The molecule has 2 heterocycles. The van der Waals surface area contributed by atoms with E-state index in [1.165, 1.54) is 25.3 Å². The van der Waals surface area contributed by atoms with E-state index < -0.39 is 10.8 Å². The molecular formula is C11H8ClN3O4S. The van der Waals surface area contributed by atoms with Crippen LogP contribution in [0.3, 0.4) is 0 Å². The van der Waals surface area contributed by atoms with E-state index in [-0.39, 0.29) is 16.7 Å². The Morgan fingerprint density at radius 3 is 2.90 bits per heavy atom. The van der Waals surface area contributed by atoms with E-state index in [9.17, 15) is 14.9 Å². The summed E-state index contributed by atoms with van der Waals surface area (Å²) >= 11 is 6.83. The molecule has 7 nitrogen and oxygen atoms in total. The third-order valence-corrected chi connectivity index (χ3v) is 3.42. The highest BCUT2D eigenvalue weighted by Gasteiger charge is 2.19. The number of amides is 1. The Bertz CT molecular complexity index is 673. The number of nitrogens with zero attached hydrogens (tertiary/aromatic N) is 2. The van der Waals surface area contributed by atoms with Crippen LogP contribution < -0.4 is 10.1 Å². The van der Waals surface area contributed by atoms with Crippen molar-refractivity contribution < 1.29 is 14.5 Å². The number of carbonyl (C=O) groups excluding carboxylic acids is 1. The van der Waals surface area contributed by atoms with Gasteiger partial charge in [0.05, 0.1) is 16.9 Å². The van der Waals surface area contributed by atoms with E-state index in [0.29, 0.717) is 10.6 Å². The smallest absolute Gasteiger partial charge is 0.311 e. The van der Waals surface area contributed by atoms with Crippen molar-refractivity contribution in [2.45, 2.75) is 0 Å². The van der Waals surface area contributed by atoms with Crippen LogP contribution in [0.1, 0.15) is 9.67 Å². The van der Waals surface area contributed by atoms with Gasteiger partial charge in [-0.2, -0.15) is 0 Å². The van der Waals surface area contributed by atoms with E-state index in [1.807, 2.05) is 0 Å². The SMILES string of the molecule is COc1csc(C(=O)Nc2nc(Cl)ccc2[N+](=O)[O-])c1. The molecular weight excluding hydrogens is 306 g/mol. The van der Waals surface area contributed by atoms with Crippen LogP contribution in [0.4, 0.5) is 11.5 Å². The standard InChI is InChI=1S/C11H8ClN3O4S/c1-19-6-4-8(20-5-6)11(16)14-10-7(15(17)18)2-3-9(12)13-10/h2-5H,1H3,(H,13,14,16). The van der Waals surface area contributed by atoms with Crippen LogP contribution in [0.2, 0.25) is 5.15 Å². The number of methoxy groups -OCH3 is 1. The Balaban J connectivity index is 2.27. The van der Waals surface area contributed by atoms with Gasteiger partial charge in [-0.05, 0) is 6.07 Å². The van der Waals surface area contributed by atoms with Crippen LogP contribution in [0, 0.1) is 10.1 Å². The predicted octanol–water partition coefficient (Wildman–Crippen LogP) is 2.97. The topological polar surface area (TPSA) is 94.4 Å². The van der Waals surface area contributed by atoms with Crippen molar-refractivity contribution in [3.63, 3.8) is 0 Å². The second-order valence-corrected chi connectivity index (χ2v) is 4.86. The number of thiophene rings is 1. The summed E-state index contributed by atoms with van der Waals surface area (Å²) in [5.74, 6) is -0.176. The zero-order valence-corrected chi connectivity index (χ0v) is 11.7. The first-order chi connectivity index (χ1) is 9.51. The van der Waals surface area contributed by atoms with Gasteiger partial charge >= 0.3 is 5.69 Å². The number of halogens is 1. The monoisotopic (exact) mass is 313 g/mol. The lowest BCUT2D eigenvalue weighted by molar-refractivity contribution is -0.384. The highest BCUT2D eigenvalue weighted by molar-refractivity contribution is 7.12. The Hall–Kier alpha value is -2.19. The Morgan fingerprint density at radius 1 is 1.55 bits per heavy atom. The fourth-order valence-electron chi connectivity index (χ4n) is 1.38. The van der Waals surface area contributed by atoms with Crippen molar-refractivity contribution in [2.75, 3.05) is 12.4 Å². The number of nitro groups is 1. The number of rotatable bonds is 4. The summed E-state index contributed by atoms with van der Waals surface area (Å²) in [7, 11) is 1.48. The van der Waals surface area contributed by atoms with Crippen molar-refractivity contribution >= 4 is 40.4 Å². The highest BCUT2D eigenvalue weighted by atomic mass is 35.5. The normalized spacial score (nSPS) is 10.1. The maximum absolute atomic E-state index is 12.0. The lowest BCUT2D eigenvalue weighted by Crippen LogP contribution is -2.13. The zero-order valence-electron chi connectivity index (χ0n) is 10.1. The van der Waals surface area contributed by atoms with Gasteiger partial charge in [0.15, 0.2) is 0 Å². The lowest BCUT2D eigenvalue weighted by atomic mass is 10.3. The predicted molar refractivity (Wildman–Crippen MR) is 74.7 cm³/mol. The summed E-state index contributed by atoms with van der Waals surface area (Å²) in [6, 6.07) is 3.99. The van der Waals surface area contributed by atoms with Crippen LogP contribution in [0.5, 0.6) is 5.75 Å². The minimum absolute atomic E-state index is 0.0506. The lowest BCUT2D eigenvalue weighted by Gasteiger charge is -2.03. The molecule has 0 unspecified atom stereocenters. The van der Waals surface area contributed by atoms with Crippen LogP contribution in [-0.2, 0) is 0 Å². The van der Waals surface area contributed by atoms with Gasteiger partial charge in [0.1, 0.15) is 10.9 Å². The molecule has 2 aromatic rings. The maximum Gasteiger partial charge on any atom is 0.311 e. The second-order valence-electron chi connectivity index (χ2n) is 3.56. The molecule has 0 fully saturated rings. The van der Waals surface area contributed by atoms with E-state index >= 15 is 0 Å². The summed E-state index contributed by atoms with van der Waals surface area (Å²) in [6.07, 6.45) is 0. The van der Waals surface area contributed by atoms with E-state index in [1.54, 1.807) is 5.38 Å². The molecule has 2 aromatic heterocycles. The molecule has 1 amide bonds. The number of nitrogens with one attached hydrogen (secondary N) is 1. The van der Waals surface area contributed by atoms with Gasteiger partial charge < -0.3 is 10.1 Å². The van der Waals surface area contributed by atoms with Crippen molar-refractivity contribution in [1.82, 2.24) is 4.98 Å².